The van der Waals surface area contributed by atoms with Gasteiger partial charge in [0.15, 0.2) is 8.07 Å². The van der Waals surface area contributed by atoms with Gasteiger partial charge in [-0.25, -0.2) is 0 Å². The molecule has 0 nitrogen and oxygen atoms in total. The van der Waals surface area contributed by atoms with Crippen molar-refractivity contribution in [2.45, 2.75) is 74.3 Å². The number of hydrogen-bond donors (Lipinski definition) is 0. The molecule has 34 heavy (non-hydrogen) atoms. The summed E-state index contributed by atoms with van der Waals surface area (Å²) >= 11 is 0. The average Bonchev–Trinajstić information content (AvgIpc) is 2.97. The molecule has 0 aliphatic heterocycles. The van der Waals surface area contributed by atoms with Gasteiger partial charge < -0.3 is 0 Å². The summed E-state index contributed by atoms with van der Waals surface area (Å²) < 4.78 is 0. The molecular weight excluding hydrogens is 424 g/mol. The van der Waals surface area contributed by atoms with Crippen LogP contribution in [0.2, 0.25) is 5.04 Å². The molecule has 0 saturated heterocycles. The molecule has 3 aromatic rings. The van der Waals surface area contributed by atoms with Crippen LogP contribution in [0, 0.1) is 41.5 Å². The first-order valence-corrected chi connectivity index (χ1v) is 14.5. The van der Waals surface area contributed by atoms with Crippen LogP contribution in [0.3, 0.4) is 0 Å². The van der Waals surface area contributed by atoms with Crippen molar-refractivity contribution in [2.75, 3.05) is 0 Å². The Morgan fingerprint density at radius 2 is 1.09 bits per heavy atom. The van der Waals surface area contributed by atoms with E-state index >= 15 is 0 Å². The lowest BCUT2D eigenvalue weighted by atomic mass is 10.0. The zero-order chi connectivity index (χ0) is 25.0. The lowest BCUT2D eigenvalue weighted by molar-refractivity contribution is 0.869. The maximum atomic E-state index is 2.62. The summed E-state index contributed by atoms with van der Waals surface area (Å²) in [5.41, 5.74) is 12.8. The molecule has 4 rings (SSSR count). The van der Waals surface area contributed by atoms with Crippen molar-refractivity contribution < 1.29 is 0 Å². The predicted octanol–water partition coefficient (Wildman–Crippen LogP) is 7.06. The Hall–Kier alpha value is -2.64. The fraction of sp³-hybridized carbons (Fsp3) is 0.333. The van der Waals surface area contributed by atoms with E-state index in [9.17, 15) is 0 Å². The molecule has 0 fully saturated rings. The third-order valence-electron chi connectivity index (χ3n) is 8.89. The highest BCUT2D eigenvalue weighted by atomic mass is 28.3. The van der Waals surface area contributed by atoms with Gasteiger partial charge in [-0.15, -0.1) is 0 Å². The number of benzene rings is 3. The Kier molecular flexibility index (Phi) is 6.15. The van der Waals surface area contributed by atoms with E-state index in [0.717, 1.165) is 0 Å². The van der Waals surface area contributed by atoms with Crippen LogP contribution in [0.4, 0.5) is 0 Å². The van der Waals surface area contributed by atoms with E-state index in [0.29, 0.717) is 0 Å². The second-order valence-electron chi connectivity index (χ2n) is 10.9. The zero-order valence-electron chi connectivity index (χ0n) is 22.8. The molecule has 1 aliphatic rings. The van der Waals surface area contributed by atoms with E-state index in [-0.39, 0.29) is 5.04 Å². The Balaban J connectivity index is 2.34. The molecule has 0 bridgehead atoms. The molecule has 1 unspecified atom stereocenters. The van der Waals surface area contributed by atoms with Gasteiger partial charge in [0.1, 0.15) is 0 Å². The van der Waals surface area contributed by atoms with Crippen molar-refractivity contribution in [3.63, 3.8) is 0 Å². The number of aryl methyl sites for hydroxylation is 4. The quantitative estimate of drug-likeness (QED) is 0.286. The Labute approximate surface area is 208 Å². The van der Waals surface area contributed by atoms with Crippen LogP contribution in [0.15, 0.2) is 77.4 Å². The summed E-state index contributed by atoms with van der Waals surface area (Å²) in [5.74, 6) is 0. The molecule has 0 heterocycles. The fourth-order valence-electron chi connectivity index (χ4n) is 6.55. The van der Waals surface area contributed by atoms with Crippen LogP contribution in [0.1, 0.15) is 61.1 Å². The van der Waals surface area contributed by atoms with Gasteiger partial charge in [-0.2, -0.15) is 0 Å². The van der Waals surface area contributed by atoms with Gasteiger partial charge in [-0.1, -0.05) is 89.9 Å². The first-order chi connectivity index (χ1) is 15.9. The number of rotatable bonds is 4. The second kappa shape index (κ2) is 8.54. The van der Waals surface area contributed by atoms with Crippen LogP contribution >= 0.6 is 0 Å². The van der Waals surface area contributed by atoms with E-state index in [1.54, 1.807) is 10.4 Å². The molecule has 1 aliphatic carbocycles. The summed E-state index contributed by atoms with van der Waals surface area (Å²) in [4.78, 5) is 0. The van der Waals surface area contributed by atoms with Crippen LogP contribution < -0.4 is 15.6 Å². The molecule has 0 N–H and O–H groups in total. The molecule has 0 saturated carbocycles. The minimum atomic E-state index is -2.61. The van der Waals surface area contributed by atoms with Gasteiger partial charge in [0, 0.05) is 5.04 Å². The van der Waals surface area contributed by atoms with E-state index in [1.807, 2.05) is 0 Å². The summed E-state index contributed by atoms with van der Waals surface area (Å²) in [5, 5.41) is 4.55. The van der Waals surface area contributed by atoms with Gasteiger partial charge in [0.2, 0.25) is 0 Å². The molecule has 1 heteroatoms. The maximum absolute atomic E-state index is 2.62. The van der Waals surface area contributed by atoms with Gasteiger partial charge >= 0.3 is 0 Å². The molecule has 3 aromatic carbocycles. The van der Waals surface area contributed by atoms with Gasteiger partial charge in [0.25, 0.3) is 0 Å². The number of hydrogen-bond acceptors (Lipinski definition) is 0. The summed E-state index contributed by atoms with van der Waals surface area (Å²) in [6.45, 7) is 23.3. The molecule has 0 radical (unpaired) electrons. The SMILES string of the molecule is CC1=CC(C)([Si](c2cc(C)cc(C)c2)(c2cccc(C)c2C)c2cccc(C)c2C)C(C)=C1C. The van der Waals surface area contributed by atoms with Crippen molar-refractivity contribution in [2.24, 2.45) is 0 Å². The summed E-state index contributed by atoms with van der Waals surface area (Å²) in [6.07, 6.45) is 2.62. The van der Waals surface area contributed by atoms with Crippen molar-refractivity contribution in [1.82, 2.24) is 0 Å². The molecule has 0 aromatic heterocycles. The largest absolute Gasteiger partial charge is 0.162 e. The van der Waals surface area contributed by atoms with Crippen molar-refractivity contribution in [3.8, 4) is 0 Å². The van der Waals surface area contributed by atoms with E-state index in [4.69, 9.17) is 0 Å². The Bertz CT molecular complexity index is 1280. The molecular formula is C33H40Si. The molecule has 0 amide bonds. The maximum Gasteiger partial charge on any atom is 0.162 e. The van der Waals surface area contributed by atoms with Gasteiger partial charge in [-0.3, -0.25) is 0 Å². The summed E-state index contributed by atoms with van der Waals surface area (Å²) in [7, 11) is -2.61. The molecule has 1 atom stereocenters. The highest BCUT2D eigenvalue weighted by Crippen LogP contribution is 2.53. The predicted molar refractivity (Wildman–Crippen MR) is 153 cm³/mol. The Morgan fingerprint density at radius 1 is 0.618 bits per heavy atom. The van der Waals surface area contributed by atoms with Crippen LogP contribution in [0.25, 0.3) is 0 Å². The highest BCUT2D eigenvalue weighted by molar-refractivity contribution is 7.14. The van der Waals surface area contributed by atoms with Crippen molar-refractivity contribution in [1.29, 1.82) is 0 Å². The molecule has 0 spiro atoms. The van der Waals surface area contributed by atoms with Gasteiger partial charge in [0.05, 0.1) is 0 Å². The minimum Gasteiger partial charge on any atom is -0.0730 e. The van der Waals surface area contributed by atoms with E-state index in [1.165, 1.54) is 55.3 Å². The average molecular weight is 465 g/mol. The standard InChI is InChI=1S/C33H40Si/c1-21-17-22(2)19-30(18-21)34(31-15-11-13-23(3)27(31)7,32-16-12-14-24(4)28(32)8)33(10)20-25(5)26(6)29(33)9/h11-20H,1-10H3. The monoisotopic (exact) mass is 464 g/mol. The third-order valence-corrected chi connectivity index (χ3v) is 14.8. The van der Waals surface area contributed by atoms with E-state index in [2.05, 4.69) is 130 Å². The second-order valence-corrected chi connectivity index (χ2v) is 15.1. The number of allylic oxidation sites excluding steroid dienone is 4. The Morgan fingerprint density at radius 3 is 1.50 bits per heavy atom. The minimum absolute atomic E-state index is 0.0709. The third kappa shape index (κ3) is 3.40. The smallest absolute Gasteiger partial charge is 0.0730 e. The van der Waals surface area contributed by atoms with Crippen LogP contribution in [-0.2, 0) is 0 Å². The first kappa shape index (κ1) is 24.5. The fourth-order valence-corrected chi connectivity index (χ4v) is 13.5. The summed E-state index contributed by atoms with van der Waals surface area (Å²) in [6, 6.07) is 21.3. The van der Waals surface area contributed by atoms with Crippen LogP contribution in [0.5, 0.6) is 0 Å². The lowest BCUT2D eigenvalue weighted by Crippen LogP contribution is -2.74. The normalized spacial score (nSPS) is 18.5. The first-order valence-electron chi connectivity index (χ1n) is 12.5. The van der Waals surface area contributed by atoms with E-state index < -0.39 is 8.07 Å². The van der Waals surface area contributed by atoms with Crippen molar-refractivity contribution in [3.05, 3.63) is 111 Å². The lowest BCUT2D eigenvalue weighted by Gasteiger charge is -2.49. The van der Waals surface area contributed by atoms with Gasteiger partial charge in [-0.05, 0) is 106 Å². The zero-order valence-corrected chi connectivity index (χ0v) is 23.8. The topological polar surface area (TPSA) is 0 Å². The van der Waals surface area contributed by atoms with Crippen molar-refractivity contribution >= 4 is 23.6 Å². The highest BCUT2D eigenvalue weighted by Gasteiger charge is 2.57. The van der Waals surface area contributed by atoms with Crippen LogP contribution in [-0.4, -0.2) is 8.07 Å². The molecule has 176 valence electrons.